The summed E-state index contributed by atoms with van der Waals surface area (Å²) < 4.78 is 5.66. The van der Waals surface area contributed by atoms with Crippen LogP contribution in [0.2, 0.25) is 0 Å². The highest BCUT2D eigenvalue weighted by atomic mass is 32.1. The predicted molar refractivity (Wildman–Crippen MR) is 117 cm³/mol. The van der Waals surface area contributed by atoms with E-state index in [4.69, 9.17) is 4.74 Å². The average Bonchev–Trinajstić information content (AvgIpc) is 3.02. The van der Waals surface area contributed by atoms with Crippen molar-refractivity contribution in [1.82, 2.24) is 4.90 Å². The van der Waals surface area contributed by atoms with Gasteiger partial charge in [0.15, 0.2) is 0 Å². The van der Waals surface area contributed by atoms with Gasteiger partial charge in [-0.25, -0.2) is 9.59 Å². The summed E-state index contributed by atoms with van der Waals surface area (Å²) in [5.41, 5.74) is 4.55. The van der Waals surface area contributed by atoms with Crippen molar-refractivity contribution in [3.05, 3.63) is 59.7 Å². The number of ether oxygens (including phenoxy) is 1. The summed E-state index contributed by atoms with van der Waals surface area (Å²) in [6, 6.07) is 15.2. The molecule has 0 fully saturated rings. The topological polar surface area (TPSA) is 66.8 Å². The molecule has 2 aromatic rings. The van der Waals surface area contributed by atoms with Crippen LogP contribution in [0, 0.1) is 5.92 Å². The number of fused-ring (bicyclic) bond motifs is 3. The minimum Gasteiger partial charge on any atom is -0.480 e. The third-order valence-corrected chi connectivity index (χ3v) is 5.70. The number of carboxylic acids is 1. The van der Waals surface area contributed by atoms with Crippen molar-refractivity contribution in [2.45, 2.75) is 32.2 Å². The molecule has 0 aromatic heterocycles. The van der Waals surface area contributed by atoms with Gasteiger partial charge >= 0.3 is 12.1 Å². The molecule has 0 saturated heterocycles. The monoisotopic (exact) mass is 413 g/mol. The zero-order chi connectivity index (χ0) is 21.0. The number of carbonyl (C=O) groups is 2. The van der Waals surface area contributed by atoms with E-state index in [1.54, 1.807) is 0 Å². The molecule has 0 radical (unpaired) electrons. The van der Waals surface area contributed by atoms with Gasteiger partial charge in [-0.3, -0.25) is 4.90 Å². The predicted octanol–water partition coefficient (Wildman–Crippen LogP) is 4.67. The molecule has 1 aliphatic carbocycles. The molecule has 6 heteroatoms. The number of benzene rings is 2. The Morgan fingerprint density at radius 2 is 1.62 bits per heavy atom. The molecule has 1 N–H and O–H groups in total. The van der Waals surface area contributed by atoms with E-state index in [-0.39, 0.29) is 18.3 Å². The molecule has 5 nitrogen and oxygen atoms in total. The van der Waals surface area contributed by atoms with Crippen molar-refractivity contribution in [1.29, 1.82) is 0 Å². The Balaban J connectivity index is 1.78. The maximum atomic E-state index is 12.8. The molecule has 1 aliphatic rings. The zero-order valence-corrected chi connectivity index (χ0v) is 17.6. The molecule has 0 aliphatic heterocycles. The van der Waals surface area contributed by atoms with E-state index in [1.165, 1.54) is 4.90 Å². The van der Waals surface area contributed by atoms with Gasteiger partial charge in [-0.1, -0.05) is 62.4 Å². The van der Waals surface area contributed by atoms with Gasteiger partial charge in [-0.05, 0) is 34.6 Å². The van der Waals surface area contributed by atoms with Gasteiger partial charge in [-0.15, -0.1) is 0 Å². The summed E-state index contributed by atoms with van der Waals surface area (Å²) in [7, 11) is 0. The van der Waals surface area contributed by atoms with Gasteiger partial charge in [-0.2, -0.15) is 12.6 Å². The van der Waals surface area contributed by atoms with Crippen LogP contribution in [0.4, 0.5) is 4.79 Å². The Hall–Kier alpha value is -2.47. The first kappa shape index (κ1) is 21.2. The fourth-order valence-electron chi connectivity index (χ4n) is 3.76. The zero-order valence-electron chi connectivity index (χ0n) is 16.7. The molecule has 2 aromatic carbocycles. The molecule has 1 atom stereocenters. The van der Waals surface area contributed by atoms with Gasteiger partial charge in [0.1, 0.15) is 12.6 Å². The second-order valence-electron chi connectivity index (χ2n) is 7.72. The standard InChI is InChI=1S/C23H27NO4S/c1-15(2)11-12-24(21(14-29)22(25)26)23(27)28-13-20-18-9-5-3-7-16(18)17-8-4-6-10-19(17)20/h3-10,15,20-21,29H,11-14H2,1-2H3,(H,25,26)/t21-/m0/s1. The van der Waals surface area contributed by atoms with Gasteiger partial charge in [0.2, 0.25) is 0 Å². The molecule has 0 unspecified atom stereocenters. The molecule has 0 heterocycles. The van der Waals surface area contributed by atoms with Gasteiger partial charge < -0.3 is 9.84 Å². The first-order valence-electron chi connectivity index (χ1n) is 9.89. The molecule has 1 amide bonds. The number of aliphatic carboxylic acids is 1. The normalized spacial score (nSPS) is 13.7. The second kappa shape index (κ2) is 9.35. The highest BCUT2D eigenvalue weighted by Gasteiger charge is 2.33. The van der Waals surface area contributed by atoms with Crippen molar-refractivity contribution < 1.29 is 19.4 Å². The van der Waals surface area contributed by atoms with Crippen LogP contribution in [0.3, 0.4) is 0 Å². The van der Waals surface area contributed by atoms with Crippen LogP contribution in [0.15, 0.2) is 48.5 Å². The number of hydrogen-bond acceptors (Lipinski definition) is 4. The molecule has 0 bridgehead atoms. The van der Waals surface area contributed by atoms with E-state index in [9.17, 15) is 14.7 Å². The summed E-state index contributed by atoms with van der Waals surface area (Å²) in [5.74, 6) is -0.749. The van der Waals surface area contributed by atoms with E-state index >= 15 is 0 Å². The maximum Gasteiger partial charge on any atom is 0.410 e. The third-order valence-electron chi connectivity index (χ3n) is 5.35. The summed E-state index contributed by atoms with van der Waals surface area (Å²) >= 11 is 4.13. The number of carboxylic acid groups (broad SMARTS) is 1. The van der Waals surface area contributed by atoms with Crippen molar-refractivity contribution in [3.63, 3.8) is 0 Å². The van der Waals surface area contributed by atoms with Crippen molar-refractivity contribution in [2.75, 3.05) is 18.9 Å². The van der Waals surface area contributed by atoms with Crippen LogP contribution in [0.25, 0.3) is 11.1 Å². The lowest BCUT2D eigenvalue weighted by Gasteiger charge is -2.28. The van der Waals surface area contributed by atoms with Crippen LogP contribution in [-0.2, 0) is 9.53 Å². The summed E-state index contributed by atoms with van der Waals surface area (Å²) in [6.07, 6.45) is 0.0934. The van der Waals surface area contributed by atoms with Crippen molar-refractivity contribution in [2.24, 2.45) is 5.92 Å². The van der Waals surface area contributed by atoms with E-state index < -0.39 is 18.1 Å². The average molecular weight is 414 g/mol. The van der Waals surface area contributed by atoms with Crippen LogP contribution in [0.1, 0.15) is 37.3 Å². The van der Waals surface area contributed by atoms with Gasteiger partial charge in [0, 0.05) is 18.2 Å². The Bertz CT molecular complexity index is 837. The maximum absolute atomic E-state index is 12.8. The van der Waals surface area contributed by atoms with Crippen LogP contribution in [0.5, 0.6) is 0 Å². The Labute approximate surface area is 177 Å². The largest absolute Gasteiger partial charge is 0.480 e. The number of amides is 1. The van der Waals surface area contributed by atoms with Crippen molar-refractivity contribution in [3.8, 4) is 11.1 Å². The molecule has 29 heavy (non-hydrogen) atoms. The fraction of sp³-hybridized carbons (Fsp3) is 0.391. The van der Waals surface area contributed by atoms with E-state index in [0.717, 1.165) is 22.3 Å². The number of carbonyl (C=O) groups excluding carboxylic acids is 1. The molecule has 3 rings (SSSR count). The minimum atomic E-state index is -1.07. The van der Waals surface area contributed by atoms with Crippen molar-refractivity contribution >= 4 is 24.7 Å². The number of nitrogens with zero attached hydrogens (tertiary/aromatic N) is 1. The lowest BCUT2D eigenvalue weighted by Crippen LogP contribution is -2.47. The first-order chi connectivity index (χ1) is 13.9. The molecule has 0 spiro atoms. The lowest BCUT2D eigenvalue weighted by atomic mass is 9.98. The third kappa shape index (κ3) is 4.58. The van der Waals surface area contributed by atoms with Gasteiger partial charge in [0.05, 0.1) is 0 Å². The summed E-state index contributed by atoms with van der Waals surface area (Å²) in [6.45, 7) is 4.56. The molecule has 0 saturated carbocycles. The van der Waals surface area contributed by atoms with Crippen LogP contribution < -0.4 is 0 Å². The van der Waals surface area contributed by atoms with E-state index in [0.29, 0.717) is 18.9 Å². The smallest absolute Gasteiger partial charge is 0.410 e. The lowest BCUT2D eigenvalue weighted by molar-refractivity contribution is -0.141. The highest BCUT2D eigenvalue weighted by molar-refractivity contribution is 7.80. The molecule has 154 valence electrons. The van der Waals surface area contributed by atoms with E-state index in [1.807, 2.05) is 38.1 Å². The Kier molecular flexibility index (Phi) is 6.85. The number of thiol groups is 1. The number of hydrogen-bond donors (Lipinski definition) is 2. The Morgan fingerprint density at radius 1 is 1.07 bits per heavy atom. The molecular formula is C23H27NO4S. The van der Waals surface area contributed by atoms with Gasteiger partial charge in [0.25, 0.3) is 0 Å². The SMILES string of the molecule is CC(C)CCN(C(=O)OCC1c2ccccc2-c2ccccc21)[C@@H](CS)C(=O)O. The summed E-state index contributed by atoms with van der Waals surface area (Å²) in [4.78, 5) is 25.8. The first-order valence-corrected chi connectivity index (χ1v) is 10.5. The second-order valence-corrected chi connectivity index (χ2v) is 8.08. The minimum absolute atomic E-state index is 0.0393. The van der Waals surface area contributed by atoms with Crippen LogP contribution >= 0.6 is 12.6 Å². The Morgan fingerprint density at radius 3 is 2.10 bits per heavy atom. The quantitative estimate of drug-likeness (QED) is 0.618. The van der Waals surface area contributed by atoms with Crippen LogP contribution in [-0.4, -0.2) is 47.0 Å². The summed E-state index contributed by atoms with van der Waals surface area (Å²) in [5, 5.41) is 9.50. The molecular weight excluding hydrogens is 386 g/mol. The highest BCUT2D eigenvalue weighted by Crippen LogP contribution is 2.44. The van der Waals surface area contributed by atoms with E-state index in [2.05, 4.69) is 36.9 Å². The fourth-order valence-corrected chi connectivity index (χ4v) is 4.11. The number of rotatable bonds is 8.